The van der Waals surface area contributed by atoms with Gasteiger partial charge >= 0.3 is 6.18 Å². The summed E-state index contributed by atoms with van der Waals surface area (Å²) in [5.74, 6) is 0.220. The van der Waals surface area contributed by atoms with Crippen LogP contribution in [0.15, 0.2) is 4.52 Å². The predicted octanol–water partition coefficient (Wildman–Crippen LogP) is 3.25. The second kappa shape index (κ2) is 4.83. The standard InChI is InChI=1S/C8H10ClF3N2O/c1-2-5(9)7-13-6(15-14-7)3-4-8(10,11)12/h5H,2-4H2,1H3. The van der Waals surface area contributed by atoms with Crippen LogP contribution < -0.4 is 0 Å². The van der Waals surface area contributed by atoms with Gasteiger partial charge in [0.1, 0.15) is 0 Å². The summed E-state index contributed by atoms with van der Waals surface area (Å²) in [6, 6.07) is 0. The SMILES string of the molecule is CCC(Cl)c1noc(CCC(F)(F)F)n1. The molecule has 0 spiro atoms. The van der Waals surface area contributed by atoms with Crippen LogP contribution in [0, 0.1) is 0 Å². The molecule has 0 saturated heterocycles. The Kier molecular flexibility index (Phi) is 3.96. The van der Waals surface area contributed by atoms with Crippen molar-refractivity contribution in [3.63, 3.8) is 0 Å². The van der Waals surface area contributed by atoms with Gasteiger partial charge < -0.3 is 4.52 Å². The van der Waals surface area contributed by atoms with Gasteiger partial charge in [-0.15, -0.1) is 11.6 Å². The van der Waals surface area contributed by atoms with Crippen LogP contribution in [-0.2, 0) is 6.42 Å². The lowest BCUT2D eigenvalue weighted by Gasteiger charge is -2.01. The molecule has 0 aliphatic rings. The van der Waals surface area contributed by atoms with Crippen molar-refractivity contribution in [2.75, 3.05) is 0 Å². The minimum absolute atomic E-state index is 0.0265. The second-order valence-corrected chi connectivity index (χ2v) is 3.56. The van der Waals surface area contributed by atoms with Crippen LogP contribution in [0.1, 0.15) is 36.9 Å². The third kappa shape index (κ3) is 4.07. The molecule has 0 amide bonds. The van der Waals surface area contributed by atoms with Gasteiger partial charge in [0.15, 0.2) is 5.82 Å². The van der Waals surface area contributed by atoms with Crippen molar-refractivity contribution in [2.45, 2.75) is 37.7 Å². The van der Waals surface area contributed by atoms with E-state index in [2.05, 4.69) is 14.7 Å². The highest BCUT2D eigenvalue weighted by molar-refractivity contribution is 6.20. The molecular weight excluding hydrogens is 233 g/mol. The summed E-state index contributed by atoms with van der Waals surface area (Å²) in [6.07, 6.45) is -4.88. The Morgan fingerprint density at radius 3 is 2.67 bits per heavy atom. The molecule has 0 bridgehead atoms. The van der Waals surface area contributed by atoms with Gasteiger partial charge in [-0.05, 0) is 6.42 Å². The van der Waals surface area contributed by atoms with Gasteiger partial charge in [-0.25, -0.2) is 0 Å². The summed E-state index contributed by atoms with van der Waals surface area (Å²) in [5, 5.41) is 3.09. The molecule has 1 atom stereocenters. The first kappa shape index (κ1) is 12.3. The summed E-state index contributed by atoms with van der Waals surface area (Å²) in [5.41, 5.74) is 0. The highest BCUT2D eigenvalue weighted by Crippen LogP contribution is 2.24. The van der Waals surface area contributed by atoms with E-state index in [1.165, 1.54) is 0 Å². The number of nitrogens with zero attached hydrogens (tertiary/aromatic N) is 2. The molecule has 15 heavy (non-hydrogen) atoms. The van der Waals surface area contributed by atoms with E-state index < -0.39 is 18.0 Å². The van der Waals surface area contributed by atoms with E-state index in [0.717, 1.165) is 0 Å². The van der Waals surface area contributed by atoms with E-state index in [1.807, 2.05) is 6.92 Å². The molecule has 1 unspecified atom stereocenters. The fraction of sp³-hybridized carbons (Fsp3) is 0.750. The van der Waals surface area contributed by atoms with Crippen LogP contribution in [0.5, 0.6) is 0 Å². The van der Waals surface area contributed by atoms with Crippen LogP contribution in [0.3, 0.4) is 0 Å². The lowest BCUT2D eigenvalue weighted by molar-refractivity contribution is -0.134. The zero-order valence-electron chi connectivity index (χ0n) is 8.01. The van der Waals surface area contributed by atoms with E-state index in [4.69, 9.17) is 11.6 Å². The van der Waals surface area contributed by atoms with Crippen LogP contribution in [-0.4, -0.2) is 16.3 Å². The van der Waals surface area contributed by atoms with Gasteiger partial charge in [-0.1, -0.05) is 12.1 Å². The summed E-state index contributed by atoms with van der Waals surface area (Å²) >= 11 is 5.79. The maximum atomic E-state index is 11.9. The Balaban J connectivity index is 2.53. The minimum atomic E-state index is -4.21. The zero-order valence-corrected chi connectivity index (χ0v) is 8.77. The van der Waals surface area contributed by atoms with Gasteiger partial charge in [0, 0.05) is 6.42 Å². The Bertz CT molecular complexity index is 313. The number of alkyl halides is 4. The summed E-state index contributed by atoms with van der Waals surface area (Å²) in [7, 11) is 0. The summed E-state index contributed by atoms with van der Waals surface area (Å²) < 4.78 is 40.2. The number of rotatable bonds is 4. The molecule has 1 aromatic rings. The van der Waals surface area contributed by atoms with E-state index >= 15 is 0 Å². The van der Waals surface area contributed by atoms with E-state index in [1.54, 1.807) is 0 Å². The number of aromatic nitrogens is 2. The van der Waals surface area contributed by atoms with Gasteiger partial charge in [0.2, 0.25) is 5.89 Å². The zero-order chi connectivity index (χ0) is 11.5. The number of hydrogen-bond donors (Lipinski definition) is 0. The highest BCUT2D eigenvalue weighted by atomic mass is 35.5. The Hall–Kier alpha value is -0.780. The molecule has 3 nitrogen and oxygen atoms in total. The van der Waals surface area contributed by atoms with Crippen LogP contribution in [0.25, 0.3) is 0 Å². The molecule has 0 radical (unpaired) electrons. The van der Waals surface area contributed by atoms with Gasteiger partial charge in [-0.2, -0.15) is 18.2 Å². The molecule has 0 N–H and O–H groups in total. The van der Waals surface area contributed by atoms with Crippen molar-refractivity contribution in [3.05, 3.63) is 11.7 Å². The quantitative estimate of drug-likeness (QED) is 0.761. The monoisotopic (exact) mass is 242 g/mol. The van der Waals surface area contributed by atoms with E-state index in [9.17, 15) is 13.2 Å². The number of halogens is 4. The van der Waals surface area contributed by atoms with Crippen molar-refractivity contribution in [1.82, 2.24) is 10.1 Å². The first-order chi connectivity index (χ1) is 6.92. The topological polar surface area (TPSA) is 38.9 Å². The lowest BCUT2D eigenvalue weighted by atomic mass is 10.3. The van der Waals surface area contributed by atoms with Gasteiger partial charge in [0.05, 0.1) is 11.8 Å². The molecule has 86 valence electrons. The first-order valence-electron chi connectivity index (χ1n) is 4.45. The first-order valence-corrected chi connectivity index (χ1v) is 4.89. The third-order valence-corrected chi connectivity index (χ3v) is 2.25. The molecule has 0 aromatic carbocycles. The largest absolute Gasteiger partial charge is 0.389 e. The third-order valence-electron chi connectivity index (χ3n) is 1.74. The summed E-state index contributed by atoms with van der Waals surface area (Å²) in [4.78, 5) is 3.77. The van der Waals surface area contributed by atoms with Crippen LogP contribution in [0.4, 0.5) is 13.2 Å². The van der Waals surface area contributed by atoms with Gasteiger partial charge in [-0.3, -0.25) is 0 Å². The van der Waals surface area contributed by atoms with Gasteiger partial charge in [0.25, 0.3) is 0 Å². The number of aryl methyl sites for hydroxylation is 1. The maximum absolute atomic E-state index is 11.9. The molecule has 1 aromatic heterocycles. The molecule has 0 aliphatic carbocycles. The van der Waals surface area contributed by atoms with E-state index in [0.29, 0.717) is 6.42 Å². The Morgan fingerprint density at radius 1 is 1.47 bits per heavy atom. The minimum Gasteiger partial charge on any atom is -0.339 e. The van der Waals surface area contributed by atoms with Crippen molar-refractivity contribution in [2.24, 2.45) is 0 Å². The molecule has 0 fully saturated rings. The van der Waals surface area contributed by atoms with Crippen molar-refractivity contribution in [3.8, 4) is 0 Å². The molecular formula is C8H10ClF3N2O. The normalized spacial score (nSPS) is 14.2. The molecule has 1 rings (SSSR count). The van der Waals surface area contributed by atoms with Crippen molar-refractivity contribution in [1.29, 1.82) is 0 Å². The Labute approximate surface area is 89.6 Å². The average molecular weight is 243 g/mol. The fourth-order valence-electron chi connectivity index (χ4n) is 0.928. The number of hydrogen-bond acceptors (Lipinski definition) is 3. The molecule has 1 heterocycles. The highest BCUT2D eigenvalue weighted by Gasteiger charge is 2.28. The molecule has 7 heteroatoms. The Morgan fingerprint density at radius 2 is 2.13 bits per heavy atom. The summed E-state index contributed by atoms with van der Waals surface area (Å²) in [6.45, 7) is 1.82. The van der Waals surface area contributed by atoms with Crippen LogP contribution in [0.2, 0.25) is 0 Å². The lowest BCUT2D eigenvalue weighted by Crippen LogP contribution is -2.08. The van der Waals surface area contributed by atoms with E-state index in [-0.39, 0.29) is 18.1 Å². The second-order valence-electron chi connectivity index (χ2n) is 3.04. The van der Waals surface area contributed by atoms with Crippen molar-refractivity contribution >= 4 is 11.6 Å². The van der Waals surface area contributed by atoms with Crippen LogP contribution >= 0.6 is 11.6 Å². The molecule has 0 saturated carbocycles. The van der Waals surface area contributed by atoms with Crippen molar-refractivity contribution < 1.29 is 17.7 Å². The molecule has 0 aliphatic heterocycles. The predicted molar refractivity (Wildman–Crippen MR) is 47.6 cm³/mol. The smallest absolute Gasteiger partial charge is 0.339 e. The average Bonchev–Trinajstić information content (AvgIpc) is 2.61. The maximum Gasteiger partial charge on any atom is 0.389 e. The fourth-order valence-corrected chi connectivity index (χ4v) is 1.02.